The Hall–Kier alpha value is 0.340. The van der Waals surface area contributed by atoms with E-state index in [4.69, 9.17) is 0 Å². The van der Waals surface area contributed by atoms with Gasteiger partial charge >= 0.3 is 29.6 Å². The molecule has 0 unspecified atom stereocenters. The van der Waals surface area contributed by atoms with E-state index in [1.54, 1.807) is 0 Å². The summed E-state index contributed by atoms with van der Waals surface area (Å²) in [5, 5.41) is 0. The third kappa shape index (κ3) is 4.20. The number of carbonyl (C=O) groups is 2. The van der Waals surface area contributed by atoms with E-state index in [1.807, 2.05) is 6.92 Å². The minimum atomic E-state index is -0.356. The number of carbonyl (C=O) groups excluding carboxylic acids is 2. The normalized spacial score (nSPS) is 8.80. The van der Waals surface area contributed by atoms with E-state index in [0.29, 0.717) is 6.42 Å². The van der Waals surface area contributed by atoms with E-state index in [2.05, 4.69) is 0 Å². The van der Waals surface area contributed by atoms with Crippen LogP contribution in [0.4, 0.5) is 0 Å². The molecule has 0 aliphatic carbocycles. The van der Waals surface area contributed by atoms with Crippen LogP contribution in [0.5, 0.6) is 0 Å². The molecule has 0 aromatic heterocycles. The van der Waals surface area contributed by atoms with Gasteiger partial charge in [-0.1, -0.05) is 6.92 Å². The van der Waals surface area contributed by atoms with Crippen molar-refractivity contribution in [3.05, 3.63) is 0 Å². The predicted molar refractivity (Wildman–Crippen MR) is 35.1 cm³/mol. The van der Waals surface area contributed by atoms with Crippen molar-refractivity contribution in [2.45, 2.75) is 27.2 Å². The molecular formula is C7H12NaO2+. The second-order valence-electron chi connectivity index (χ2n) is 2.18. The van der Waals surface area contributed by atoms with Gasteiger partial charge in [0.1, 0.15) is 11.6 Å². The summed E-state index contributed by atoms with van der Waals surface area (Å²) in [5.41, 5.74) is 0. The smallest absolute Gasteiger partial charge is 0.299 e. The van der Waals surface area contributed by atoms with Gasteiger partial charge in [0.2, 0.25) is 0 Å². The summed E-state index contributed by atoms with van der Waals surface area (Å²) in [6, 6.07) is 0. The molecule has 0 heterocycles. The summed E-state index contributed by atoms with van der Waals surface area (Å²) in [6.07, 6.45) is 0.630. The van der Waals surface area contributed by atoms with Crippen LogP contribution in [0.3, 0.4) is 0 Å². The van der Waals surface area contributed by atoms with Gasteiger partial charge in [0.25, 0.3) is 0 Å². The van der Waals surface area contributed by atoms with Crippen LogP contribution in [0, 0.1) is 5.92 Å². The Labute approximate surface area is 83.7 Å². The van der Waals surface area contributed by atoms with Gasteiger partial charge < -0.3 is 0 Å². The monoisotopic (exact) mass is 151 g/mol. The van der Waals surface area contributed by atoms with E-state index in [-0.39, 0.29) is 47.0 Å². The Kier molecular flexibility index (Phi) is 7.88. The van der Waals surface area contributed by atoms with E-state index in [1.165, 1.54) is 13.8 Å². The predicted octanol–water partition coefficient (Wildman–Crippen LogP) is -1.81. The Morgan fingerprint density at radius 1 is 1.20 bits per heavy atom. The van der Waals surface area contributed by atoms with Crippen molar-refractivity contribution in [1.82, 2.24) is 0 Å². The maximum absolute atomic E-state index is 10.6. The zero-order valence-corrected chi connectivity index (χ0v) is 9.10. The number of Topliss-reactive ketones (excluding diaryl/α,β-unsaturated/α-hetero) is 2. The average molecular weight is 151 g/mol. The van der Waals surface area contributed by atoms with E-state index >= 15 is 0 Å². The van der Waals surface area contributed by atoms with Crippen molar-refractivity contribution >= 4 is 11.6 Å². The fraction of sp³-hybridized carbons (Fsp3) is 0.714. The van der Waals surface area contributed by atoms with E-state index in [0.717, 1.165) is 0 Å². The molecule has 0 fully saturated rings. The van der Waals surface area contributed by atoms with Crippen molar-refractivity contribution in [2.24, 2.45) is 5.92 Å². The molecule has 0 bridgehead atoms. The first-order valence-corrected chi connectivity index (χ1v) is 3.10. The summed E-state index contributed by atoms with van der Waals surface area (Å²) in [6.45, 7) is 4.75. The fourth-order valence-corrected chi connectivity index (χ4v) is 0.861. The van der Waals surface area contributed by atoms with Crippen molar-refractivity contribution in [2.75, 3.05) is 0 Å². The molecule has 0 saturated carbocycles. The molecular weight excluding hydrogens is 139 g/mol. The molecule has 0 N–H and O–H groups in total. The Morgan fingerprint density at radius 3 is 1.50 bits per heavy atom. The molecule has 2 nitrogen and oxygen atoms in total. The van der Waals surface area contributed by atoms with Gasteiger partial charge in [0.15, 0.2) is 0 Å². The van der Waals surface area contributed by atoms with Crippen LogP contribution in [-0.4, -0.2) is 11.6 Å². The first kappa shape index (κ1) is 13.0. The van der Waals surface area contributed by atoms with Crippen molar-refractivity contribution in [3.63, 3.8) is 0 Å². The molecule has 0 saturated heterocycles. The summed E-state index contributed by atoms with van der Waals surface area (Å²) < 4.78 is 0. The molecule has 52 valence electrons. The molecule has 0 aliphatic heterocycles. The molecule has 10 heavy (non-hydrogen) atoms. The van der Waals surface area contributed by atoms with Crippen LogP contribution in [0.25, 0.3) is 0 Å². The first-order chi connectivity index (χ1) is 4.09. The van der Waals surface area contributed by atoms with Crippen molar-refractivity contribution in [3.8, 4) is 0 Å². The number of ketones is 2. The first-order valence-electron chi connectivity index (χ1n) is 3.10. The molecule has 0 atom stereocenters. The Bertz CT molecular complexity index is 118. The van der Waals surface area contributed by atoms with Crippen LogP contribution in [0.15, 0.2) is 0 Å². The fourth-order valence-electron chi connectivity index (χ4n) is 0.861. The minimum absolute atomic E-state index is 0. The standard InChI is InChI=1S/C7H12O2.Na/c1-4-7(5(2)8)6(3)9;/h7H,4H2,1-3H3;/q;+1. The largest absolute Gasteiger partial charge is 1.00 e. The zero-order valence-electron chi connectivity index (χ0n) is 7.10. The van der Waals surface area contributed by atoms with Crippen LogP contribution in [-0.2, 0) is 9.59 Å². The summed E-state index contributed by atoms with van der Waals surface area (Å²) >= 11 is 0. The summed E-state index contributed by atoms with van der Waals surface area (Å²) in [7, 11) is 0. The second kappa shape index (κ2) is 6.08. The number of hydrogen-bond donors (Lipinski definition) is 0. The molecule has 0 aliphatic rings. The van der Waals surface area contributed by atoms with Gasteiger partial charge in [0, 0.05) is 0 Å². The number of rotatable bonds is 3. The Morgan fingerprint density at radius 2 is 1.50 bits per heavy atom. The molecule has 0 aromatic carbocycles. The minimum Gasteiger partial charge on any atom is -0.299 e. The third-order valence-corrected chi connectivity index (χ3v) is 1.39. The maximum Gasteiger partial charge on any atom is 1.00 e. The van der Waals surface area contributed by atoms with Crippen LogP contribution in [0.1, 0.15) is 27.2 Å². The quantitative estimate of drug-likeness (QED) is 0.352. The molecule has 0 amide bonds. The van der Waals surface area contributed by atoms with Gasteiger partial charge in [-0.15, -0.1) is 0 Å². The van der Waals surface area contributed by atoms with Crippen LogP contribution < -0.4 is 29.6 Å². The van der Waals surface area contributed by atoms with Gasteiger partial charge in [-0.3, -0.25) is 9.59 Å². The third-order valence-electron chi connectivity index (χ3n) is 1.39. The van der Waals surface area contributed by atoms with Crippen LogP contribution in [0.2, 0.25) is 0 Å². The molecule has 0 radical (unpaired) electrons. The SMILES string of the molecule is CCC(C(C)=O)C(C)=O.[Na+]. The van der Waals surface area contributed by atoms with Gasteiger partial charge in [-0.2, -0.15) is 0 Å². The molecule has 0 spiro atoms. The maximum atomic E-state index is 10.6. The van der Waals surface area contributed by atoms with Crippen molar-refractivity contribution < 1.29 is 39.1 Å². The summed E-state index contributed by atoms with van der Waals surface area (Å²) in [4.78, 5) is 21.2. The van der Waals surface area contributed by atoms with Gasteiger partial charge in [0.05, 0.1) is 5.92 Å². The summed E-state index contributed by atoms with van der Waals surface area (Å²) in [5.74, 6) is -0.403. The van der Waals surface area contributed by atoms with Crippen LogP contribution >= 0.6 is 0 Å². The number of hydrogen-bond acceptors (Lipinski definition) is 2. The molecule has 0 rings (SSSR count). The van der Waals surface area contributed by atoms with Gasteiger partial charge in [-0.25, -0.2) is 0 Å². The molecule has 3 heteroatoms. The topological polar surface area (TPSA) is 34.1 Å². The van der Waals surface area contributed by atoms with Crippen molar-refractivity contribution in [1.29, 1.82) is 0 Å². The average Bonchev–Trinajstić information content (AvgIpc) is 1.64. The zero-order chi connectivity index (χ0) is 7.44. The molecule has 0 aromatic rings. The Balaban J connectivity index is 0. The van der Waals surface area contributed by atoms with E-state index < -0.39 is 0 Å². The van der Waals surface area contributed by atoms with Gasteiger partial charge in [-0.05, 0) is 20.3 Å². The van der Waals surface area contributed by atoms with E-state index in [9.17, 15) is 9.59 Å². The second-order valence-corrected chi connectivity index (χ2v) is 2.18.